The highest BCUT2D eigenvalue weighted by Gasteiger charge is 2.15. The van der Waals surface area contributed by atoms with E-state index in [1.807, 2.05) is 0 Å². The van der Waals surface area contributed by atoms with Crippen molar-refractivity contribution in [3.63, 3.8) is 0 Å². The van der Waals surface area contributed by atoms with Gasteiger partial charge in [0.15, 0.2) is 11.4 Å². The van der Waals surface area contributed by atoms with Gasteiger partial charge in [-0.1, -0.05) is 0 Å². The maximum atomic E-state index is 12.8. The predicted molar refractivity (Wildman–Crippen MR) is 63.3 cm³/mol. The highest BCUT2D eigenvalue weighted by Crippen LogP contribution is 2.27. The first-order valence-electron chi connectivity index (χ1n) is 5.45. The van der Waals surface area contributed by atoms with Crippen molar-refractivity contribution in [3.8, 4) is 11.8 Å². The van der Waals surface area contributed by atoms with Gasteiger partial charge in [-0.05, 0) is 19.1 Å². The van der Waals surface area contributed by atoms with Crippen LogP contribution in [-0.4, -0.2) is 17.6 Å². The number of halogens is 1. The number of nitrogen functional groups attached to an aromatic ring is 1. The summed E-state index contributed by atoms with van der Waals surface area (Å²) in [7, 11) is 0. The Hall–Kier alpha value is -2.57. The second-order valence-electron chi connectivity index (χ2n) is 3.50. The Morgan fingerprint density at radius 2 is 2.32 bits per heavy atom. The van der Waals surface area contributed by atoms with E-state index in [2.05, 4.69) is 4.98 Å². The lowest BCUT2D eigenvalue weighted by molar-refractivity contribution is 0.0519. The standard InChI is InChI=1S/C12H11FN2O4/c1-2-17-11(16)9-6-18-12(15-9)19-10-4-3-7(13)5-8(10)14/h3-6H,2,14H2,1H3. The van der Waals surface area contributed by atoms with Crippen LogP contribution in [0.5, 0.6) is 11.8 Å². The van der Waals surface area contributed by atoms with Gasteiger partial charge in [0.25, 0.3) is 0 Å². The fraction of sp³-hybridized carbons (Fsp3) is 0.167. The van der Waals surface area contributed by atoms with Crippen molar-refractivity contribution >= 4 is 11.7 Å². The van der Waals surface area contributed by atoms with Crippen molar-refractivity contribution in [2.24, 2.45) is 0 Å². The predicted octanol–water partition coefficient (Wildman–Crippen LogP) is 2.36. The van der Waals surface area contributed by atoms with Crippen LogP contribution in [0.3, 0.4) is 0 Å². The van der Waals surface area contributed by atoms with E-state index in [0.29, 0.717) is 0 Å². The molecule has 0 aliphatic carbocycles. The van der Waals surface area contributed by atoms with E-state index in [0.717, 1.165) is 12.3 Å². The molecule has 0 fully saturated rings. The summed E-state index contributed by atoms with van der Waals surface area (Å²) in [6.07, 6.45) is 0.925. The molecular weight excluding hydrogens is 255 g/mol. The molecule has 0 radical (unpaired) electrons. The lowest BCUT2D eigenvalue weighted by Crippen LogP contribution is -2.04. The minimum absolute atomic E-state index is 0.0162. The van der Waals surface area contributed by atoms with Gasteiger partial charge in [-0.15, -0.1) is 0 Å². The van der Waals surface area contributed by atoms with E-state index < -0.39 is 11.8 Å². The number of benzene rings is 1. The van der Waals surface area contributed by atoms with Crippen LogP contribution in [0.4, 0.5) is 10.1 Å². The minimum Gasteiger partial charge on any atom is -0.461 e. The van der Waals surface area contributed by atoms with Crippen molar-refractivity contribution in [2.75, 3.05) is 12.3 Å². The van der Waals surface area contributed by atoms with Gasteiger partial charge >= 0.3 is 12.0 Å². The molecule has 100 valence electrons. The molecule has 0 unspecified atom stereocenters. The molecule has 2 rings (SSSR count). The number of ether oxygens (including phenoxy) is 2. The molecule has 1 aromatic carbocycles. The van der Waals surface area contributed by atoms with Crippen LogP contribution in [-0.2, 0) is 4.74 Å². The molecule has 0 saturated heterocycles. The first-order valence-corrected chi connectivity index (χ1v) is 5.45. The number of carbonyl (C=O) groups is 1. The summed E-state index contributed by atoms with van der Waals surface area (Å²) in [6.45, 7) is 1.90. The molecule has 1 heterocycles. The van der Waals surface area contributed by atoms with Gasteiger partial charge in [-0.25, -0.2) is 9.18 Å². The third-order valence-electron chi connectivity index (χ3n) is 2.14. The molecule has 0 atom stereocenters. The summed E-state index contributed by atoms with van der Waals surface area (Å²) in [5, 5.41) is 0. The Morgan fingerprint density at radius 3 is 3.00 bits per heavy atom. The average Bonchev–Trinajstić information content (AvgIpc) is 2.82. The zero-order chi connectivity index (χ0) is 13.8. The molecule has 0 saturated carbocycles. The third kappa shape index (κ3) is 3.01. The van der Waals surface area contributed by atoms with Crippen LogP contribution in [0.25, 0.3) is 0 Å². The number of aromatic nitrogens is 1. The van der Waals surface area contributed by atoms with Crippen LogP contribution in [0.2, 0.25) is 0 Å². The Bertz CT molecular complexity index is 597. The summed E-state index contributed by atoms with van der Waals surface area (Å²) in [4.78, 5) is 15.1. The lowest BCUT2D eigenvalue weighted by Gasteiger charge is -2.03. The smallest absolute Gasteiger partial charge is 0.399 e. The van der Waals surface area contributed by atoms with Gasteiger partial charge in [-0.2, -0.15) is 4.98 Å². The van der Waals surface area contributed by atoms with Crippen molar-refractivity contribution < 1.29 is 23.1 Å². The number of carbonyl (C=O) groups excluding carboxylic acids is 1. The quantitative estimate of drug-likeness (QED) is 0.675. The maximum absolute atomic E-state index is 12.8. The van der Waals surface area contributed by atoms with E-state index in [9.17, 15) is 9.18 Å². The number of esters is 1. The van der Waals surface area contributed by atoms with Gasteiger partial charge in [0, 0.05) is 6.07 Å². The van der Waals surface area contributed by atoms with Crippen LogP contribution >= 0.6 is 0 Å². The van der Waals surface area contributed by atoms with Gasteiger partial charge in [0.05, 0.1) is 12.3 Å². The van der Waals surface area contributed by atoms with E-state index in [4.69, 9.17) is 19.6 Å². The minimum atomic E-state index is -0.617. The van der Waals surface area contributed by atoms with E-state index >= 15 is 0 Å². The molecule has 0 aliphatic heterocycles. The summed E-state index contributed by atoms with van der Waals surface area (Å²) < 4.78 is 27.7. The summed E-state index contributed by atoms with van der Waals surface area (Å²) >= 11 is 0. The topological polar surface area (TPSA) is 87.6 Å². The summed E-state index contributed by atoms with van der Waals surface area (Å²) in [5.41, 5.74) is 5.63. The fourth-order valence-corrected chi connectivity index (χ4v) is 1.31. The third-order valence-corrected chi connectivity index (χ3v) is 2.14. The maximum Gasteiger partial charge on any atom is 0.399 e. The number of hydrogen-bond donors (Lipinski definition) is 1. The Kier molecular flexibility index (Phi) is 3.65. The summed E-state index contributed by atoms with van der Waals surface area (Å²) in [6, 6.07) is 3.62. The molecule has 7 heteroatoms. The zero-order valence-corrected chi connectivity index (χ0v) is 10.1. The molecule has 6 nitrogen and oxygen atoms in total. The molecule has 1 aromatic heterocycles. The largest absolute Gasteiger partial charge is 0.461 e. The van der Waals surface area contributed by atoms with Crippen molar-refractivity contribution in [2.45, 2.75) is 6.92 Å². The molecule has 0 bridgehead atoms. The SMILES string of the molecule is CCOC(=O)c1coc(Oc2ccc(F)cc2N)n1. The Labute approximate surface area is 107 Å². The number of nitrogens with two attached hydrogens (primary N) is 1. The van der Waals surface area contributed by atoms with Crippen molar-refractivity contribution in [1.82, 2.24) is 4.98 Å². The van der Waals surface area contributed by atoms with Gasteiger partial charge in [0.2, 0.25) is 0 Å². The second-order valence-corrected chi connectivity index (χ2v) is 3.50. The van der Waals surface area contributed by atoms with Crippen molar-refractivity contribution in [1.29, 1.82) is 0 Å². The first kappa shape index (κ1) is 12.9. The van der Waals surface area contributed by atoms with E-state index in [-0.39, 0.29) is 29.8 Å². The van der Waals surface area contributed by atoms with Crippen LogP contribution < -0.4 is 10.5 Å². The monoisotopic (exact) mass is 266 g/mol. The van der Waals surface area contributed by atoms with E-state index in [1.54, 1.807) is 6.92 Å². The second kappa shape index (κ2) is 5.38. The van der Waals surface area contributed by atoms with Crippen LogP contribution in [0, 0.1) is 5.82 Å². The molecular formula is C12H11FN2O4. The number of rotatable bonds is 4. The van der Waals surface area contributed by atoms with Crippen LogP contribution in [0.1, 0.15) is 17.4 Å². The first-order chi connectivity index (χ1) is 9.10. The lowest BCUT2D eigenvalue weighted by atomic mass is 10.3. The average molecular weight is 266 g/mol. The number of nitrogens with zero attached hydrogens (tertiary/aromatic N) is 1. The molecule has 19 heavy (non-hydrogen) atoms. The molecule has 2 aromatic rings. The molecule has 2 N–H and O–H groups in total. The van der Waals surface area contributed by atoms with E-state index in [1.165, 1.54) is 12.1 Å². The van der Waals surface area contributed by atoms with Gasteiger partial charge in [0.1, 0.15) is 12.1 Å². The summed E-state index contributed by atoms with van der Waals surface area (Å²) in [5.74, 6) is -0.920. The Balaban J connectivity index is 2.13. The molecule has 0 amide bonds. The van der Waals surface area contributed by atoms with Crippen LogP contribution in [0.15, 0.2) is 28.9 Å². The normalized spacial score (nSPS) is 10.2. The highest BCUT2D eigenvalue weighted by molar-refractivity contribution is 5.86. The number of oxazole rings is 1. The Morgan fingerprint density at radius 1 is 1.53 bits per heavy atom. The van der Waals surface area contributed by atoms with Gasteiger partial charge in [-0.3, -0.25) is 0 Å². The number of hydrogen-bond acceptors (Lipinski definition) is 6. The fourth-order valence-electron chi connectivity index (χ4n) is 1.31. The van der Waals surface area contributed by atoms with Gasteiger partial charge < -0.3 is 19.6 Å². The zero-order valence-electron chi connectivity index (χ0n) is 10.1. The highest BCUT2D eigenvalue weighted by atomic mass is 19.1. The van der Waals surface area contributed by atoms with Crippen molar-refractivity contribution in [3.05, 3.63) is 36.0 Å². The number of anilines is 1. The molecule has 0 aliphatic rings. The molecule has 0 spiro atoms.